The summed E-state index contributed by atoms with van der Waals surface area (Å²) in [6, 6.07) is 10.0. The monoisotopic (exact) mass is 407 g/mol. The largest absolute Gasteiger partial charge is 0.454 e. The van der Waals surface area contributed by atoms with Gasteiger partial charge in [0.15, 0.2) is 11.7 Å². The second-order valence-corrected chi connectivity index (χ2v) is 6.48. The maximum atomic E-state index is 12.6. The molecule has 4 N–H and O–H groups in total. The number of halogens is 2. The standard InChI is InChI=1S/C19H23F2N5O3/c1-23-19(24-10-13-6-7-16(28-13)17(22)27)25-12-8-9-26(11-12)14-4-2-3-5-15(14)29-18(20)21/h2-7,12,18H,8-11H2,1H3,(H2,22,27)(H2,23,24,25). The van der Waals surface area contributed by atoms with Gasteiger partial charge in [-0.05, 0) is 30.7 Å². The van der Waals surface area contributed by atoms with Crippen molar-refractivity contribution in [3.63, 3.8) is 0 Å². The van der Waals surface area contributed by atoms with E-state index in [-0.39, 0.29) is 17.6 Å². The molecule has 10 heteroatoms. The fourth-order valence-electron chi connectivity index (χ4n) is 3.18. The normalized spacial score (nSPS) is 16.9. The molecule has 1 aliphatic heterocycles. The van der Waals surface area contributed by atoms with Crippen molar-refractivity contribution in [3.8, 4) is 5.75 Å². The minimum absolute atomic E-state index is 0.0681. The summed E-state index contributed by atoms with van der Waals surface area (Å²) in [6.45, 7) is -1.24. The van der Waals surface area contributed by atoms with E-state index in [1.54, 1.807) is 31.3 Å². The molecule has 3 rings (SSSR count). The van der Waals surface area contributed by atoms with Crippen molar-refractivity contribution in [1.29, 1.82) is 0 Å². The van der Waals surface area contributed by atoms with Crippen molar-refractivity contribution in [3.05, 3.63) is 47.9 Å². The summed E-state index contributed by atoms with van der Waals surface area (Å²) < 4.78 is 35.2. The molecule has 29 heavy (non-hydrogen) atoms. The van der Waals surface area contributed by atoms with Gasteiger partial charge in [-0.3, -0.25) is 9.79 Å². The maximum Gasteiger partial charge on any atom is 0.387 e. The zero-order chi connectivity index (χ0) is 20.8. The molecule has 1 aromatic heterocycles. The number of carbonyl (C=O) groups excluding carboxylic acids is 1. The Kier molecular flexibility index (Phi) is 6.53. The molecule has 1 aromatic carbocycles. The number of anilines is 1. The smallest absolute Gasteiger partial charge is 0.387 e. The number of nitrogens with two attached hydrogens (primary N) is 1. The number of hydrogen-bond acceptors (Lipinski definition) is 5. The van der Waals surface area contributed by atoms with Crippen LogP contribution in [0.5, 0.6) is 5.75 Å². The lowest BCUT2D eigenvalue weighted by Crippen LogP contribution is -2.44. The molecular formula is C19H23F2N5O3. The van der Waals surface area contributed by atoms with Crippen molar-refractivity contribution < 1.29 is 22.7 Å². The third kappa shape index (κ3) is 5.37. The molecule has 1 atom stereocenters. The Morgan fingerprint density at radius 3 is 2.86 bits per heavy atom. The van der Waals surface area contributed by atoms with Crippen LogP contribution in [-0.4, -0.2) is 44.7 Å². The number of aliphatic imine (C=N–C) groups is 1. The zero-order valence-corrected chi connectivity index (χ0v) is 15.9. The molecule has 0 aliphatic carbocycles. The number of rotatable bonds is 7. The number of para-hydroxylation sites is 2. The SMILES string of the molecule is CN=C(NCc1ccc(C(N)=O)o1)NC1CCN(c2ccccc2OC(F)F)C1. The molecule has 1 fully saturated rings. The van der Waals surface area contributed by atoms with Crippen LogP contribution in [0.25, 0.3) is 0 Å². The van der Waals surface area contributed by atoms with E-state index in [0.717, 1.165) is 6.42 Å². The summed E-state index contributed by atoms with van der Waals surface area (Å²) in [5.74, 6) is 0.745. The second-order valence-electron chi connectivity index (χ2n) is 6.48. The van der Waals surface area contributed by atoms with Gasteiger partial charge in [0.1, 0.15) is 11.5 Å². The van der Waals surface area contributed by atoms with Crippen LogP contribution in [0.2, 0.25) is 0 Å². The number of nitrogens with zero attached hydrogens (tertiary/aromatic N) is 2. The molecule has 0 saturated carbocycles. The number of benzene rings is 1. The van der Waals surface area contributed by atoms with Crippen molar-refractivity contribution in [2.75, 3.05) is 25.0 Å². The number of carbonyl (C=O) groups is 1. The number of ether oxygens (including phenoxy) is 1. The molecule has 156 valence electrons. The van der Waals surface area contributed by atoms with Crippen molar-refractivity contribution in [2.45, 2.75) is 25.6 Å². The van der Waals surface area contributed by atoms with E-state index in [4.69, 9.17) is 10.2 Å². The van der Waals surface area contributed by atoms with Crippen LogP contribution in [0, 0.1) is 0 Å². The van der Waals surface area contributed by atoms with Gasteiger partial charge in [0.25, 0.3) is 5.91 Å². The lowest BCUT2D eigenvalue weighted by Gasteiger charge is -2.22. The number of primary amides is 1. The van der Waals surface area contributed by atoms with Crippen LogP contribution >= 0.6 is 0 Å². The minimum atomic E-state index is -2.87. The molecule has 0 radical (unpaired) electrons. The first-order valence-electron chi connectivity index (χ1n) is 9.10. The van der Waals surface area contributed by atoms with Gasteiger partial charge in [0.2, 0.25) is 0 Å². The molecule has 1 amide bonds. The second kappa shape index (κ2) is 9.26. The summed E-state index contributed by atoms with van der Waals surface area (Å²) in [5, 5.41) is 6.41. The van der Waals surface area contributed by atoms with Crippen LogP contribution in [0.15, 0.2) is 45.8 Å². The Balaban J connectivity index is 1.55. The van der Waals surface area contributed by atoms with Gasteiger partial charge in [-0.25, -0.2) is 0 Å². The Bertz CT molecular complexity index is 871. The first-order chi connectivity index (χ1) is 14.0. The predicted octanol–water partition coefficient (Wildman–Crippen LogP) is 1.92. The lowest BCUT2D eigenvalue weighted by atomic mass is 10.2. The molecule has 1 unspecified atom stereocenters. The van der Waals surface area contributed by atoms with Crippen LogP contribution in [0.1, 0.15) is 22.7 Å². The van der Waals surface area contributed by atoms with Crippen LogP contribution in [0.4, 0.5) is 14.5 Å². The third-order valence-electron chi connectivity index (χ3n) is 4.51. The average Bonchev–Trinajstić information content (AvgIpc) is 3.35. The maximum absolute atomic E-state index is 12.6. The number of amides is 1. The van der Waals surface area contributed by atoms with Gasteiger partial charge in [-0.15, -0.1) is 0 Å². The third-order valence-corrected chi connectivity index (χ3v) is 4.51. The quantitative estimate of drug-likeness (QED) is 0.479. The van der Waals surface area contributed by atoms with Crippen LogP contribution in [0.3, 0.4) is 0 Å². The fourth-order valence-corrected chi connectivity index (χ4v) is 3.18. The highest BCUT2D eigenvalue weighted by Crippen LogP contribution is 2.31. The van der Waals surface area contributed by atoms with Crippen LogP contribution in [-0.2, 0) is 6.54 Å². The Morgan fingerprint density at radius 2 is 2.17 bits per heavy atom. The van der Waals surface area contributed by atoms with Gasteiger partial charge >= 0.3 is 6.61 Å². The topological polar surface area (TPSA) is 105 Å². The number of alkyl halides is 2. The Hall–Kier alpha value is -3.30. The van der Waals surface area contributed by atoms with E-state index in [9.17, 15) is 13.6 Å². The first kappa shape index (κ1) is 20.4. The van der Waals surface area contributed by atoms with E-state index >= 15 is 0 Å². The summed E-state index contributed by atoms with van der Waals surface area (Å²) >= 11 is 0. The highest BCUT2D eigenvalue weighted by molar-refractivity contribution is 5.89. The lowest BCUT2D eigenvalue weighted by molar-refractivity contribution is -0.0495. The molecule has 0 spiro atoms. The van der Waals surface area contributed by atoms with Gasteiger partial charge < -0.3 is 30.4 Å². The van der Waals surface area contributed by atoms with E-state index in [2.05, 4.69) is 20.4 Å². The molecule has 1 saturated heterocycles. The number of nitrogens with one attached hydrogen (secondary N) is 2. The van der Waals surface area contributed by atoms with Gasteiger partial charge in [-0.1, -0.05) is 12.1 Å². The minimum Gasteiger partial charge on any atom is -0.454 e. The molecule has 2 aromatic rings. The molecule has 2 heterocycles. The van der Waals surface area contributed by atoms with Crippen molar-refractivity contribution in [2.24, 2.45) is 10.7 Å². The summed E-state index contributed by atoms with van der Waals surface area (Å²) in [4.78, 5) is 17.3. The summed E-state index contributed by atoms with van der Waals surface area (Å²) in [6.07, 6.45) is 0.802. The number of hydrogen-bond donors (Lipinski definition) is 3. The van der Waals surface area contributed by atoms with E-state index in [1.807, 2.05) is 4.90 Å². The van der Waals surface area contributed by atoms with E-state index in [0.29, 0.717) is 37.0 Å². The van der Waals surface area contributed by atoms with E-state index < -0.39 is 12.5 Å². The Morgan fingerprint density at radius 1 is 1.38 bits per heavy atom. The average molecular weight is 407 g/mol. The van der Waals surface area contributed by atoms with Gasteiger partial charge in [-0.2, -0.15) is 8.78 Å². The Labute approximate surface area is 166 Å². The highest BCUT2D eigenvalue weighted by Gasteiger charge is 2.26. The van der Waals surface area contributed by atoms with Crippen molar-refractivity contribution in [1.82, 2.24) is 10.6 Å². The molecule has 0 bridgehead atoms. The van der Waals surface area contributed by atoms with Gasteiger partial charge in [0.05, 0.1) is 12.2 Å². The summed E-state index contributed by atoms with van der Waals surface area (Å²) in [5.41, 5.74) is 5.81. The number of furan rings is 1. The summed E-state index contributed by atoms with van der Waals surface area (Å²) in [7, 11) is 1.64. The highest BCUT2D eigenvalue weighted by atomic mass is 19.3. The molecule has 8 nitrogen and oxygen atoms in total. The number of guanidine groups is 1. The molecule has 1 aliphatic rings. The van der Waals surface area contributed by atoms with E-state index in [1.165, 1.54) is 12.1 Å². The predicted molar refractivity (Wildman–Crippen MR) is 104 cm³/mol. The fraction of sp³-hybridized carbons (Fsp3) is 0.368. The first-order valence-corrected chi connectivity index (χ1v) is 9.10. The zero-order valence-electron chi connectivity index (χ0n) is 15.9. The van der Waals surface area contributed by atoms with Crippen molar-refractivity contribution >= 4 is 17.6 Å². The van der Waals surface area contributed by atoms with Gasteiger partial charge in [0, 0.05) is 26.2 Å². The molecular weight excluding hydrogens is 384 g/mol. The van der Waals surface area contributed by atoms with Crippen LogP contribution < -0.4 is 26.0 Å².